The molecule has 0 fully saturated rings. The Morgan fingerprint density at radius 2 is 0.650 bits per heavy atom. The van der Waals surface area contributed by atoms with Crippen LogP contribution in [0.4, 0.5) is 0 Å². The predicted molar refractivity (Wildman–Crippen MR) is 334 cm³/mol. The van der Waals surface area contributed by atoms with Crippen LogP contribution in [-0.4, -0.2) is 66.5 Å². The maximum atomic E-state index is 12.9. The summed E-state index contributed by atoms with van der Waals surface area (Å²) in [6.07, 6.45) is 76.8. The number of hydrogen-bond acceptors (Lipinski definition) is 10. The Hall–Kier alpha value is -4.38. The number of rotatable bonds is 56. The minimum Gasteiger partial charge on any atom is -0.462 e. The molecule has 80 heavy (non-hydrogen) atoms. The number of hydrogen-bond donors (Lipinski definition) is 2. The Labute approximate surface area is 487 Å². The van der Waals surface area contributed by atoms with Crippen LogP contribution in [0.1, 0.15) is 239 Å². The van der Waals surface area contributed by atoms with Crippen LogP contribution in [0, 0.1) is 0 Å². The molecule has 0 spiro atoms. The highest BCUT2D eigenvalue weighted by molar-refractivity contribution is 7.47. The number of allylic oxidation sites excluding steroid dienone is 22. The van der Waals surface area contributed by atoms with Gasteiger partial charge in [0.05, 0.1) is 19.8 Å². The van der Waals surface area contributed by atoms with Crippen LogP contribution in [0.5, 0.6) is 0 Å². The summed E-state index contributed by atoms with van der Waals surface area (Å²) in [5, 5.41) is 9.85. The number of unbranched alkanes of at least 4 members (excludes halogenated alkanes) is 17. The van der Waals surface area contributed by atoms with Crippen LogP contribution in [0.2, 0.25) is 0 Å². The van der Waals surface area contributed by atoms with Crippen molar-refractivity contribution in [3.05, 3.63) is 134 Å². The second-order valence-electron chi connectivity index (χ2n) is 20.1. The van der Waals surface area contributed by atoms with E-state index in [9.17, 15) is 28.9 Å². The van der Waals surface area contributed by atoms with Crippen molar-refractivity contribution in [2.75, 3.05) is 26.4 Å². The first-order valence-electron chi connectivity index (χ1n) is 31.1. The molecule has 0 aliphatic rings. The van der Waals surface area contributed by atoms with Crippen molar-refractivity contribution in [3.63, 3.8) is 0 Å². The van der Waals surface area contributed by atoms with Crippen LogP contribution in [0.15, 0.2) is 134 Å². The van der Waals surface area contributed by atoms with Crippen LogP contribution in [-0.2, 0) is 42.2 Å². The summed E-state index contributed by atoms with van der Waals surface area (Å²) in [7, 11) is -4.78. The van der Waals surface area contributed by atoms with Crippen molar-refractivity contribution in [3.8, 4) is 0 Å². The molecule has 0 aliphatic carbocycles. The number of carbonyl (C=O) groups is 3. The fraction of sp³-hybridized carbons (Fsp3) is 0.632. The van der Waals surface area contributed by atoms with Gasteiger partial charge in [0.15, 0.2) is 6.10 Å². The van der Waals surface area contributed by atoms with Crippen molar-refractivity contribution in [1.82, 2.24) is 0 Å². The number of esters is 3. The molecule has 0 amide bonds. The third-order valence-corrected chi connectivity index (χ3v) is 13.5. The van der Waals surface area contributed by atoms with E-state index in [0.29, 0.717) is 19.3 Å². The fourth-order valence-corrected chi connectivity index (χ4v) is 8.66. The van der Waals surface area contributed by atoms with Gasteiger partial charge in [0.1, 0.15) is 12.7 Å². The Morgan fingerprint density at radius 1 is 0.362 bits per heavy atom. The molecule has 0 saturated heterocycles. The molecule has 0 aromatic rings. The van der Waals surface area contributed by atoms with E-state index in [1.165, 1.54) is 25.7 Å². The van der Waals surface area contributed by atoms with Gasteiger partial charge < -0.3 is 24.2 Å². The number of aliphatic hydroxyl groups is 1. The minimum atomic E-state index is -4.78. The van der Waals surface area contributed by atoms with E-state index in [4.69, 9.17) is 23.3 Å². The smallest absolute Gasteiger partial charge is 0.462 e. The van der Waals surface area contributed by atoms with Crippen LogP contribution in [0.25, 0.3) is 0 Å². The highest BCUT2D eigenvalue weighted by Crippen LogP contribution is 2.43. The molecule has 2 N–H and O–H groups in total. The lowest BCUT2D eigenvalue weighted by atomic mass is 10.1. The summed E-state index contributed by atoms with van der Waals surface area (Å²) in [5.74, 6) is -1.55. The summed E-state index contributed by atoms with van der Waals surface area (Å²) in [4.78, 5) is 48.7. The summed E-state index contributed by atoms with van der Waals surface area (Å²) in [5.41, 5.74) is 0. The first-order chi connectivity index (χ1) is 39.2. The second-order valence-corrected chi connectivity index (χ2v) is 21.6. The number of ether oxygens (including phenoxy) is 3. The molecule has 0 rings (SSSR count). The van der Waals surface area contributed by atoms with Gasteiger partial charge in [0.2, 0.25) is 0 Å². The molecule has 454 valence electrons. The summed E-state index contributed by atoms with van der Waals surface area (Å²) < 4.78 is 39.6. The molecule has 0 radical (unpaired) electrons. The normalized spacial score (nSPS) is 14.2. The Balaban J connectivity index is 4.80. The lowest BCUT2D eigenvalue weighted by Crippen LogP contribution is -2.30. The van der Waals surface area contributed by atoms with Crippen molar-refractivity contribution >= 4 is 25.7 Å². The molecule has 11 nitrogen and oxygen atoms in total. The minimum absolute atomic E-state index is 0.116. The van der Waals surface area contributed by atoms with Crippen molar-refractivity contribution in [1.29, 1.82) is 0 Å². The Kier molecular flexibility index (Phi) is 57.4. The molecule has 3 atom stereocenters. The lowest BCUT2D eigenvalue weighted by molar-refractivity contribution is -0.161. The van der Waals surface area contributed by atoms with E-state index in [1.807, 2.05) is 0 Å². The number of phosphoric acid groups is 1. The molecule has 12 heteroatoms. The molecular formula is C68H111O11P. The zero-order valence-electron chi connectivity index (χ0n) is 50.2. The zero-order valence-corrected chi connectivity index (χ0v) is 51.1. The van der Waals surface area contributed by atoms with Crippen molar-refractivity contribution in [2.45, 2.75) is 251 Å². The quantitative estimate of drug-likeness (QED) is 0.0197. The van der Waals surface area contributed by atoms with Gasteiger partial charge in [-0.1, -0.05) is 219 Å². The maximum Gasteiger partial charge on any atom is 0.472 e. The third kappa shape index (κ3) is 58.3. The maximum absolute atomic E-state index is 12.9. The monoisotopic (exact) mass is 1130 g/mol. The average molecular weight is 1140 g/mol. The van der Waals surface area contributed by atoms with E-state index in [2.05, 4.69) is 154 Å². The van der Waals surface area contributed by atoms with Gasteiger partial charge >= 0.3 is 25.7 Å². The van der Waals surface area contributed by atoms with Crippen molar-refractivity contribution in [2.24, 2.45) is 0 Å². The van der Waals surface area contributed by atoms with Gasteiger partial charge in [0, 0.05) is 19.3 Å². The SMILES string of the molecule is CC/C=C\C/C=C\C/C=C\C/C=C\C/C=C\CCCCCC(=O)OC(COC(=O)CCCCCCC/C=C\C/C=C\C/C=C\CC)COP(=O)(O)OCC(CO)OC(=O)CCCCCCCC/C=C\C/C=C\C/C=C\CCCCC. The van der Waals surface area contributed by atoms with Gasteiger partial charge in [0.25, 0.3) is 0 Å². The van der Waals surface area contributed by atoms with Crippen molar-refractivity contribution < 1.29 is 52.2 Å². The van der Waals surface area contributed by atoms with E-state index in [0.717, 1.165) is 154 Å². The predicted octanol–water partition coefficient (Wildman–Crippen LogP) is 18.9. The molecule has 0 aromatic heterocycles. The molecule has 0 aromatic carbocycles. The Morgan fingerprint density at radius 3 is 1.01 bits per heavy atom. The highest BCUT2D eigenvalue weighted by Gasteiger charge is 2.28. The standard InChI is InChI=1S/C68H111O11P/c1-4-7-10-13-16-19-22-25-28-30-32-34-37-40-43-46-49-52-55-58-67(71)78-64(60-69)62-76-80(73,74)77-63-65(61-75-66(70)57-54-51-48-45-42-39-36-27-24-21-18-15-12-9-6-3)79-68(72)59-56-53-50-47-44-41-38-35-33-31-29-26-23-20-17-14-11-8-5-2/h8-9,11-12,16-21,25-29,32-36,41,44,64-65,69H,4-7,10,13-15,22-24,30-31,37-40,42-43,45-63H2,1-3H3,(H,73,74)/b11-8-,12-9-,19-16-,20-17-,21-18-,28-25-,29-26-,34-32-,35-33-,36-27-,44-41-. The van der Waals surface area contributed by atoms with E-state index in [-0.39, 0.29) is 25.9 Å². The highest BCUT2D eigenvalue weighted by atomic mass is 31.2. The number of phosphoric ester groups is 1. The third-order valence-electron chi connectivity index (χ3n) is 12.5. The largest absolute Gasteiger partial charge is 0.472 e. The second kappa shape index (κ2) is 60.7. The first-order valence-corrected chi connectivity index (χ1v) is 32.6. The van der Waals surface area contributed by atoms with Gasteiger partial charge in [-0.15, -0.1) is 0 Å². The average Bonchev–Trinajstić information content (AvgIpc) is 3.45. The van der Waals surface area contributed by atoms with E-state index < -0.39 is 57.8 Å². The van der Waals surface area contributed by atoms with Crippen LogP contribution >= 0.6 is 7.82 Å². The molecule has 0 saturated carbocycles. The van der Waals surface area contributed by atoms with Gasteiger partial charge in [-0.25, -0.2) is 4.57 Å². The molecule has 0 aliphatic heterocycles. The number of carbonyl (C=O) groups excluding carboxylic acids is 3. The van der Waals surface area contributed by atoms with E-state index in [1.54, 1.807) is 0 Å². The molecule has 3 unspecified atom stereocenters. The van der Waals surface area contributed by atoms with Crippen LogP contribution < -0.4 is 0 Å². The van der Waals surface area contributed by atoms with Gasteiger partial charge in [-0.2, -0.15) is 0 Å². The van der Waals surface area contributed by atoms with Gasteiger partial charge in [-0.05, 0) is 135 Å². The topological polar surface area (TPSA) is 155 Å². The molecule has 0 bridgehead atoms. The zero-order chi connectivity index (χ0) is 58.3. The lowest BCUT2D eigenvalue weighted by Gasteiger charge is -2.21. The van der Waals surface area contributed by atoms with E-state index >= 15 is 0 Å². The summed E-state index contributed by atoms with van der Waals surface area (Å²) in [6.45, 7) is 4.32. The molecular weight excluding hydrogens is 1020 g/mol. The molecule has 0 heterocycles. The first kappa shape index (κ1) is 75.6. The Bertz CT molecular complexity index is 1850. The summed E-state index contributed by atoms with van der Waals surface area (Å²) >= 11 is 0. The fourth-order valence-electron chi connectivity index (χ4n) is 7.87. The van der Waals surface area contributed by atoms with Gasteiger partial charge in [-0.3, -0.25) is 23.4 Å². The number of aliphatic hydroxyl groups excluding tert-OH is 1. The van der Waals surface area contributed by atoms with Crippen LogP contribution in [0.3, 0.4) is 0 Å². The summed E-state index contributed by atoms with van der Waals surface area (Å²) in [6, 6.07) is 0.